The molecular formula is C56H66NO9P. The summed E-state index contributed by atoms with van der Waals surface area (Å²) in [5, 5.41) is 0. The van der Waals surface area contributed by atoms with Gasteiger partial charge in [0.2, 0.25) is 0 Å². The molecule has 354 valence electrons. The molecule has 1 aliphatic carbocycles. The van der Waals surface area contributed by atoms with Crippen LogP contribution in [0.3, 0.4) is 0 Å². The number of hydrogen-bond acceptors (Lipinski definition) is 10. The molecule has 0 amide bonds. The van der Waals surface area contributed by atoms with Crippen LogP contribution >= 0.6 is 8.53 Å². The van der Waals surface area contributed by atoms with Gasteiger partial charge in [-0.25, -0.2) is 4.67 Å². The van der Waals surface area contributed by atoms with Crippen LogP contribution in [0.4, 0.5) is 0 Å². The maximum Gasteiger partial charge on any atom is 0.260 e. The minimum Gasteiger partial charge on any atom is -0.497 e. The van der Waals surface area contributed by atoms with Crippen molar-refractivity contribution in [1.29, 1.82) is 0 Å². The summed E-state index contributed by atoms with van der Waals surface area (Å²) in [4.78, 5) is 0. The average molecular weight is 928 g/mol. The van der Waals surface area contributed by atoms with E-state index in [9.17, 15) is 0 Å². The van der Waals surface area contributed by atoms with Crippen molar-refractivity contribution < 1.29 is 42.2 Å². The van der Waals surface area contributed by atoms with Gasteiger partial charge in [-0.1, -0.05) is 146 Å². The van der Waals surface area contributed by atoms with E-state index >= 15 is 0 Å². The first-order valence-corrected chi connectivity index (χ1v) is 24.3. The quantitative estimate of drug-likeness (QED) is 0.0517. The lowest BCUT2D eigenvalue weighted by Gasteiger charge is -2.51. The van der Waals surface area contributed by atoms with Crippen LogP contribution < -0.4 is 9.47 Å². The SMILES string of the molecule is COc1ccc(CO[C@@H]2[C@@H](OCc3ccc(OC)cc3)[C@@H](OCc3ccccc3)[C@@H](OP(OCc3ccccc3)N(C(C)C)C(C)C)[C@H](OCc3ccccc3)[C@H]2OCc2ccccc2)cc1. The summed E-state index contributed by atoms with van der Waals surface area (Å²) in [6, 6.07) is 56.7. The van der Waals surface area contributed by atoms with Crippen LogP contribution in [0, 0.1) is 0 Å². The summed E-state index contributed by atoms with van der Waals surface area (Å²) >= 11 is 0. The predicted molar refractivity (Wildman–Crippen MR) is 263 cm³/mol. The van der Waals surface area contributed by atoms with Crippen LogP contribution in [0.1, 0.15) is 61.1 Å². The van der Waals surface area contributed by atoms with E-state index in [4.69, 9.17) is 42.2 Å². The standard InChI is InChI=1S/C56H66NO9P/c1-41(2)57(42(3)4)67(65-40-46-25-17-10-18-26-46)66-56-54(63-36-44-21-13-8-14-22-44)52(60-35-43-19-11-7-12-20-43)51(61-38-47-27-31-49(58-5)32-28-47)53(55(56)64-37-45-23-15-9-16-24-45)62-39-48-29-33-50(59-6)34-30-48/h7-34,41-42,51-56H,35-40H2,1-6H3/t51-,52-,53+,54+,55+,56-,67?/m0/s1. The van der Waals surface area contributed by atoms with E-state index < -0.39 is 45.1 Å². The maximum absolute atomic E-state index is 7.60. The summed E-state index contributed by atoms with van der Waals surface area (Å²) in [6.45, 7) is 10.4. The molecule has 10 nitrogen and oxygen atoms in total. The Morgan fingerprint density at radius 1 is 0.358 bits per heavy atom. The first kappa shape index (κ1) is 49.9. The lowest BCUT2D eigenvalue weighted by atomic mass is 9.83. The van der Waals surface area contributed by atoms with Crippen LogP contribution in [0.2, 0.25) is 0 Å². The molecule has 0 radical (unpaired) electrons. The van der Waals surface area contributed by atoms with Gasteiger partial charge >= 0.3 is 0 Å². The van der Waals surface area contributed by atoms with Crippen LogP contribution in [-0.2, 0) is 72.4 Å². The van der Waals surface area contributed by atoms with Crippen LogP contribution in [0.25, 0.3) is 0 Å². The third-order valence-corrected chi connectivity index (χ3v) is 13.7. The number of methoxy groups -OCH3 is 2. The molecule has 1 unspecified atom stereocenters. The molecule has 7 atom stereocenters. The summed E-state index contributed by atoms with van der Waals surface area (Å²) in [5.74, 6) is 1.52. The number of nitrogens with zero attached hydrogens (tertiary/aromatic N) is 1. The fourth-order valence-electron chi connectivity index (χ4n) is 8.25. The molecule has 0 aliphatic heterocycles. The molecule has 67 heavy (non-hydrogen) atoms. The van der Waals surface area contributed by atoms with Crippen molar-refractivity contribution in [2.24, 2.45) is 0 Å². The lowest BCUT2D eigenvalue weighted by molar-refractivity contribution is -0.279. The van der Waals surface area contributed by atoms with E-state index in [1.165, 1.54) is 0 Å². The minimum atomic E-state index is -1.75. The Balaban J connectivity index is 1.37. The second kappa shape index (κ2) is 26.0. The van der Waals surface area contributed by atoms with E-state index in [0.717, 1.165) is 44.9 Å². The molecule has 7 rings (SSSR count). The highest BCUT2D eigenvalue weighted by Crippen LogP contribution is 2.51. The van der Waals surface area contributed by atoms with Crippen molar-refractivity contribution in [3.05, 3.63) is 203 Å². The molecular weight excluding hydrogens is 862 g/mol. The van der Waals surface area contributed by atoms with Crippen LogP contribution in [0.5, 0.6) is 11.5 Å². The van der Waals surface area contributed by atoms with Crippen molar-refractivity contribution >= 4 is 8.53 Å². The predicted octanol–water partition coefficient (Wildman–Crippen LogP) is 11.9. The smallest absolute Gasteiger partial charge is 0.260 e. The summed E-state index contributed by atoms with van der Waals surface area (Å²) < 4.78 is 63.9. The molecule has 1 aliphatic rings. The van der Waals surface area contributed by atoms with Gasteiger partial charge in [0.1, 0.15) is 48.1 Å². The molecule has 0 saturated heterocycles. The largest absolute Gasteiger partial charge is 0.497 e. The number of ether oxygens (including phenoxy) is 7. The zero-order chi connectivity index (χ0) is 46.8. The van der Waals surface area contributed by atoms with Gasteiger partial charge in [-0.2, -0.15) is 0 Å². The van der Waals surface area contributed by atoms with E-state index in [1.807, 2.05) is 121 Å². The molecule has 1 fully saturated rings. The average Bonchev–Trinajstić information content (AvgIpc) is 3.36. The molecule has 0 N–H and O–H groups in total. The van der Waals surface area contributed by atoms with Crippen molar-refractivity contribution in [3.8, 4) is 11.5 Å². The summed E-state index contributed by atoms with van der Waals surface area (Å²) in [6.07, 6.45) is -4.43. The number of benzene rings is 6. The van der Waals surface area contributed by atoms with Crippen LogP contribution in [0.15, 0.2) is 170 Å². The van der Waals surface area contributed by atoms with Gasteiger partial charge in [0.25, 0.3) is 8.53 Å². The van der Waals surface area contributed by atoms with Crippen molar-refractivity contribution in [3.63, 3.8) is 0 Å². The molecule has 1 saturated carbocycles. The third kappa shape index (κ3) is 14.5. The lowest BCUT2D eigenvalue weighted by Crippen LogP contribution is -2.67. The third-order valence-electron chi connectivity index (χ3n) is 11.6. The first-order valence-electron chi connectivity index (χ1n) is 23.2. The van der Waals surface area contributed by atoms with Gasteiger partial charge in [-0.3, -0.25) is 0 Å². The second-order valence-corrected chi connectivity index (χ2v) is 18.6. The fraction of sp³-hybridized carbons (Fsp3) is 0.357. The van der Waals surface area contributed by atoms with E-state index in [0.29, 0.717) is 6.61 Å². The monoisotopic (exact) mass is 927 g/mol. The van der Waals surface area contributed by atoms with Gasteiger partial charge in [-0.05, 0) is 85.3 Å². The Kier molecular flexibility index (Phi) is 19.3. The molecule has 6 aromatic carbocycles. The van der Waals surface area contributed by atoms with Gasteiger partial charge in [-0.15, -0.1) is 0 Å². The van der Waals surface area contributed by atoms with Crippen molar-refractivity contribution in [1.82, 2.24) is 4.67 Å². The summed E-state index contributed by atoms with van der Waals surface area (Å²) in [7, 11) is 1.58. The van der Waals surface area contributed by atoms with E-state index in [-0.39, 0.29) is 45.1 Å². The molecule has 11 heteroatoms. The maximum atomic E-state index is 7.60. The van der Waals surface area contributed by atoms with Gasteiger partial charge in [0.05, 0.1) is 53.9 Å². The van der Waals surface area contributed by atoms with Gasteiger partial charge < -0.3 is 42.2 Å². The zero-order valence-electron chi connectivity index (χ0n) is 39.6. The molecule has 6 aromatic rings. The first-order chi connectivity index (χ1) is 32.8. The second-order valence-electron chi connectivity index (χ2n) is 17.2. The Hall–Kier alpha value is -4.97. The Labute approximate surface area is 399 Å². The van der Waals surface area contributed by atoms with Gasteiger partial charge in [0.15, 0.2) is 0 Å². The molecule has 0 spiro atoms. The highest BCUT2D eigenvalue weighted by molar-refractivity contribution is 7.44. The van der Waals surface area contributed by atoms with Crippen LogP contribution in [-0.4, -0.2) is 67.6 Å². The fourth-order valence-corrected chi connectivity index (χ4v) is 10.0. The number of hydrogen-bond donors (Lipinski definition) is 0. The summed E-state index contributed by atoms with van der Waals surface area (Å²) in [5.41, 5.74) is 5.97. The Morgan fingerprint density at radius 3 is 0.910 bits per heavy atom. The van der Waals surface area contributed by atoms with Gasteiger partial charge in [0, 0.05) is 12.1 Å². The zero-order valence-corrected chi connectivity index (χ0v) is 40.5. The molecule has 0 heterocycles. The van der Waals surface area contributed by atoms with Crippen molar-refractivity contribution in [2.45, 2.75) is 116 Å². The highest BCUT2D eigenvalue weighted by Gasteiger charge is 2.56. The van der Waals surface area contributed by atoms with Crippen molar-refractivity contribution in [2.75, 3.05) is 14.2 Å². The minimum absolute atomic E-state index is 0.0747. The normalized spacial score (nSPS) is 20.0. The highest BCUT2D eigenvalue weighted by atomic mass is 31.2. The molecule has 0 bridgehead atoms. The Morgan fingerprint density at radius 2 is 0.627 bits per heavy atom. The Bertz CT molecular complexity index is 2260. The topological polar surface area (TPSA) is 86.3 Å². The van der Waals surface area contributed by atoms with E-state index in [1.54, 1.807) is 14.2 Å². The molecule has 0 aromatic heterocycles. The van der Waals surface area contributed by atoms with E-state index in [2.05, 4.69) is 80.9 Å². The number of rotatable bonds is 25.